The summed E-state index contributed by atoms with van der Waals surface area (Å²) in [6.45, 7) is 0. The maximum absolute atomic E-state index is 11.2. The average Bonchev–Trinajstić information content (AvgIpc) is 2.47. The van der Waals surface area contributed by atoms with E-state index in [1.165, 1.54) is 7.11 Å². The number of methoxy groups -OCH3 is 1. The quantitative estimate of drug-likeness (QED) is 0.641. The summed E-state index contributed by atoms with van der Waals surface area (Å²) >= 11 is 0. The molecule has 2 aromatic rings. The Hall–Kier alpha value is -3.16. The number of aromatic carboxylic acids is 1. The Morgan fingerprint density at radius 2 is 2.14 bits per heavy atom. The molecule has 0 bridgehead atoms. The van der Waals surface area contributed by atoms with Crippen LogP contribution in [0.2, 0.25) is 0 Å². The van der Waals surface area contributed by atoms with Crippen molar-refractivity contribution in [1.29, 1.82) is 0 Å². The lowest BCUT2D eigenvalue weighted by Crippen LogP contribution is -2.06. The number of nitrogens with one attached hydrogen (secondary N) is 1. The van der Waals surface area contributed by atoms with E-state index in [1.807, 2.05) is 0 Å². The smallest absolute Gasteiger partial charge is 0.339 e. The highest BCUT2D eigenvalue weighted by Crippen LogP contribution is 2.28. The van der Waals surface area contributed by atoms with Gasteiger partial charge in [0.2, 0.25) is 0 Å². The predicted octanol–water partition coefficient (Wildman–Crippen LogP) is 2.44. The fourth-order valence-corrected chi connectivity index (χ4v) is 1.69. The van der Waals surface area contributed by atoms with E-state index in [0.717, 1.165) is 12.3 Å². The van der Waals surface area contributed by atoms with Gasteiger partial charge in [0, 0.05) is 6.07 Å². The lowest BCUT2D eigenvalue weighted by atomic mass is 10.2. The molecule has 2 rings (SSSR count). The van der Waals surface area contributed by atoms with Crippen molar-refractivity contribution >= 4 is 23.2 Å². The SMILES string of the molecule is COc1ccccc1Nc1ncc([N+](=O)[O-])cc1C(=O)O. The Bertz CT molecular complexity index is 702. The summed E-state index contributed by atoms with van der Waals surface area (Å²) in [5.74, 6) is -0.824. The molecule has 1 aromatic heterocycles. The van der Waals surface area contributed by atoms with E-state index in [9.17, 15) is 14.9 Å². The van der Waals surface area contributed by atoms with E-state index in [2.05, 4.69) is 10.3 Å². The van der Waals surface area contributed by atoms with Gasteiger partial charge in [-0.05, 0) is 12.1 Å². The van der Waals surface area contributed by atoms with Gasteiger partial charge in [0.05, 0.1) is 17.7 Å². The number of anilines is 2. The van der Waals surface area contributed by atoms with E-state index in [1.54, 1.807) is 24.3 Å². The molecule has 0 saturated heterocycles. The highest BCUT2D eigenvalue weighted by atomic mass is 16.6. The molecule has 0 saturated carbocycles. The predicted molar refractivity (Wildman–Crippen MR) is 74.1 cm³/mol. The summed E-state index contributed by atoms with van der Waals surface area (Å²) in [5.41, 5.74) is -0.183. The molecule has 108 valence electrons. The zero-order valence-corrected chi connectivity index (χ0v) is 10.9. The second-order valence-corrected chi connectivity index (χ2v) is 3.98. The van der Waals surface area contributed by atoms with E-state index in [-0.39, 0.29) is 11.4 Å². The lowest BCUT2D eigenvalue weighted by molar-refractivity contribution is -0.385. The molecule has 0 unspecified atom stereocenters. The van der Waals surface area contributed by atoms with Crippen LogP contribution in [0.5, 0.6) is 5.75 Å². The maximum Gasteiger partial charge on any atom is 0.339 e. The minimum Gasteiger partial charge on any atom is -0.495 e. The Balaban J connectivity index is 2.44. The molecule has 0 radical (unpaired) electrons. The number of carboxylic acids is 1. The number of rotatable bonds is 5. The van der Waals surface area contributed by atoms with Gasteiger partial charge in [0.15, 0.2) is 0 Å². The zero-order chi connectivity index (χ0) is 15.4. The van der Waals surface area contributed by atoms with Crippen molar-refractivity contribution in [2.75, 3.05) is 12.4 Å². The topological polar surface area (TPSA) is 115 Å². The third kappa shape index (κ3) is 3.06. The molecule has 0 amide bonds. The second-order valence-electron chi connectivity index (χ2n) is 3.98. The van der Waals surface area contributed by atoms with Gasteiger partial charge in [-0.25, -0.2) is 9.78 Å². The third-order valence-electron chi connectivity index (χ3n) is 2.67. The zero-order valence-electron chi connectivity index (χ0n) is 10.9. The molecule has 1 aromatic carbocycles. The van der Waals surface area contributed by atoms with Crippen molar-refractivity contribution < 1.29 is 19.6 Å². The van der Waals surface area contributed by atoms with Crippen molar-refractivity contribution in [3.8, 4) is 5.75 Å². The number of ether oxygens (including phenoxy) is 1. The summed E-state index contributed by atoms with van der Waals surface area (Å²) in [4.78, 5) is 25.0. The fraction of sp³-hybridized carbons (Fsp3) is 0.0769. The minimum atomic E-state index is -1.32. The van der Waals surface area contributed by atoms with Crippen LogP contribution in [-0.4, -0.2) is 28.1 Å². The van der Waals surface area contributed by atoms with Gasteiger partial charge in [-0.1, -0.05) is 12.1 Å². The standard InChI is InChI=1S/C13H11N3O5/c1-21-11-5-3-2-4-10(11)15-12-9(13(17)18)6-8(7-14-12)16(19)20/h2-7H,1H3,(H,14,15)(H,17,18). The van der Waals surface area contributed by atoms with E-state index in [0.29, 0.717) is 11.4 Å². The van der Waals surface area contributed by atoms with Gasteiger partial charge < -0.3 is 15.2 Å². The molecule has 0 atom stereocenters. The first kappa shape index (κ1) is 14.3. The largest absolute Gasteiger partial charge is 0.495 e. The summed E-state index contributed by atoms with van der Waals surface area (Å²) in [7, 11) is 1.47. The van der Waals surface area contributed by atoms with Crippen LogP contribution in [0, 0.1) is 10.1 Å². The molecule has 8 heteroatoms. The number of nitrogens with zero attached hydrogens (tertiary/aromatic N) is 2. The molecule has 0 spiro atoms. The summed E-state index contributed by atoms with van der Waals surface area (Å²) < 4.78 is 5.13. The van der Waals surface area contributed by atoms with Gasteiger partial charge in [0.25, 0.3) is 5.69 Å². The Morgan fingerprint density at radius 3 is 2.76 bits per heavy atom. The van der Waals surface area contributed by atoms with Crippen LogP contribution in [0.1, 0.15) is 10.4 Å². The molecule has 1 heterocycles. The first-order valence-corrected chi connectivity index (χ1v) is 5.80. The number of aromatic nitrogens is 1. The van der Waals surface area contributed by atoms with Crippen molar-refractivity contribution in [2.45, 2.75) is 0 Å². The lowest BCUT2D eigenvalue weighted by Gasteiger charge is -2.11. The van der Waals surface area contributed by atoms with Gasteiger partial charge in [0.1, 0.15) is 23.3 Å². The van der Waals surface area contributed by atoms with Crippen molar-refractivity contribution in [1.82, 2.24) is 4.98 Å². The molecule has 0 aliphatic rings. The molecule has 0 aliphatic heterocycles. The highest BCUT2D eigenvalue weighted by Gasteiger charge is 2.18. The maximum atomic E-state index is 11.2. The summed E-state index contributed by atoms with van der Waals surface area (Å²) in [6.07, 6.45) is 0.990. The number of pyridine rings is 1. The number of carbonyl (C=O) groups is 1. The van der Waals surface area contributed by atoms with Gasteiger partial charge in [-0.15, -0.1) is 0 Å². The van der Waals surface area contributed by atoms with Crippen molar-refractivity contribution in [3.05, 3.63) is 52.2 Å². The summed E-state index contributed by atoms with van der Waals surface area (Å²) in [6, 6.07) is 7.80. The number of para-hydroxylation sites is 2. The summed E-state index contributed by atoms with van der Waals surface area (Å²) in [5, 5.41) is 22.6. The highest BCUT2D eigenvalue weighted by molar-refractivity contribution is 5.94. The Morgan fingerprint density at radius 1 is 1.43 bits per heavy atom. The van der Waals surface area contributed by atoms with Crippen LogP contribution in [0.4, 0.5) is 17.2 Å². The van der Waals surface area contributed by atoms with Crippen LogP contribution in [-0.2, 0) is 0 Å². The van der Waals surface area contributed by atoms with Crippen LogP contribution >= 0.6 is 0 Å². The number of carboxylic acid groups (broad SMARTS) is 1. The molecular formula is C13H11N3O5. The molecular weight excluding hydrogens is 278 g/mol. The third-order valence-corrected chi connectivity index (χ3v) is 2.67. The molecule has 21 heavy (non-hydrogen) atoms. The fourth-order valence-electron chi connectivity index (χ4n) is 1.69. The number of hydrogen-bond acceptors (Lipinski definition) is 6. The number of nitro groups is 1. The van der Waals surface area contributed by atoms with Crippen LogP contribution in [0.15, 0.2) is 36.5 Å². The van der Waals surface area contributed by atoms with E-state index in [4.69, 9.17) is 9.84 Å². The molecule has 2 N–H and O–H groups in total. The molecule has 0 aliphatic carbocycles. The van der Waals surface area contributed by atoms with Crippen LogP contribution < -0.4 is 10.1 Å². The Kier molecular flexibility index (Phi) is 3.98. The Labute approximate surface area is 119 Å². The first-order valence-electron chi connectivity index (χ1n) is 5.80. The van der Waals surface area contributed by atoms with Gasteiger partial charge in [-0.3, -0.25) is 10.1 Å². The first-order chi connectivity index (χ1) is 10.0. The minimum absolute atomic E-state index is 0.00222. The molecule has 0 fully saturated rings. The number of hydrogen-bond donors (Lipinski definition) is 2. The monoisotopic (exact) mass is 289 g/mol. The second kappa shape index (κ2) is 5.87. The van der Waals surface area contributed by atoms with Crippen LogP contribution in [0.25, 0.3) is 0 Å². The number of benzene rings is 1. The van der Waals surface area contributed by atoms with Crippen molar-refractivity contribution in [3.63, 3.8) is 0 Å². The van der Waals surface area contributed by atoms with Crippen molar-refractivity contribution in [2.24, 2.45) is 0 Å². The van der Waals surface area contributed by atoms with E-state index >= 15 is 0 Å². The molecule has 8 nitrogen and oxygen atoms in total. The van der Waals surface area contributed by atoms with E-state index < -0.39 is 16.6 Å². The van der Waals surface area contributed by atoms with Gasteiger partial charge >= 0.3 is 5.97 Å². The average molecular weight is 289 g/mol. The van der Waals surface area contributed by atoms with Gasteiger partial charge in [-0.2, -0.15) is 0 Å². The normalized spacial score (nSPS) is 9.95. The van der Waals surface area contributed by atoms with Crippen LogP contribution in [0.3, 0.4) is 0 Å².